The third-order valence-electron chi connectivity index (χ3n) is 5.60. The van der Waals surface area contributed by atoms with Crippen molar-refractivity contribution in [2.45, 2.75) is 13.5 Å². The van der Waals surface area contributed by atoms with E-state index in [0.29, 0.717) is 43.0 Å². The Morgan fingerprint density at radius 1 is 0.970 bits per heavy atom. The number of benzene rings is 2. The molecule has 3 aromatic rings. The van der Waals surface area contributed by atoms with E-state index in [0.717, 1.165) is 11.4 Å². The minimum atomic E-state index is -0.327. The van der Waals surface area contributed by atoms with Crippen molar-refractivity contribution in [2.24, 2.45) is 0 Å². The largest absolute Gasteiger partial charge is 0.353 e. The zero-order chi connectivity index (χ0) is 23.2. The molecule has 0 atom stereocenters. The molecule has 7 nitrogen and oxygen atoms in total. The summed E-state index contributed by atoms with van der Waals surface area (Å²) in [5.41, 5.74) is 2.77. The van der Waals surface area contributed by atoms with Crippen LogP contribution in [0.2, 0.25) is 0 Å². The van der Waals surface area contributed by atoms with Gasteiger partial charge in [-0.2, -0.15) is 0 Å². The van der Waals surface area contributed by atoms with E-state index in [1.807, 2.05) is 31.2 Å². The summed E-state index contributed by atoms with van der Waals surface area (Å²) in [6.07, 6.45) is 1.63. The maximum atomic E-state index is 13.7. The number of rotatable bonds is 5. The van der Waals surface area contributed by atoms with Crippen molar-refractivity contribution >= 4 is 23.4 Å². The van der Waals surface area contributed by atoms with Gasteiger partial charge in [0.15, 0.2) is 0 Å². The fourth-order valence-corrected chi connectivity index (χ4v) is 3.62. The van der Waals surface area contributed by atoms with E-state index in [9.17, 15) is 14.0 Å². The lowest BCUT2D eigenvalue weighted by molar-refractivity contribution is 0.102. The summed E-state index contributed by atoms with van der Waals surface area (Å²) < 4.78 is 13.7. The molecular weight excluding hydrogens is 421 g/mol. The molecule has 8 heteroatoms. The van der Waals surface area contributed by atoms with Crippen LogP contribution in [0.25, 0.3) is 0 Å². The Morgan fingerprint density at radius 2 is 1.70 bits per heavy atom. The number of aromatic nitrogens is 1. The molecule has 4 rings (SSSR count). The average Bonchev–Trinajstić information content (AvgIpc) is 2.84. The second-order valence-corrected chi connectivity index (χ2v) is 7.95. The van der Waals surface area contributed by atoms with Crippen molar-refractivity contribution in [3.63, 3.8) is 0 Å². The Hall–Kier alpha value is -3.94. The number of amides is 3. The third kappa shape index (κ3) is 5.65. The lowest BCUT2D eigenvalue weighted by atomic mass is 10.1. The normalized spacial score (nSPS) is 13.5. The van der Waals surface area contributed by atoms with Crippen molar-refractivity contribution in [1.82, 2.24) is 15.2 Å². The lowest BCUT2D eigenvalue weighted by Gasteiger charge is -2.35. The first-order valence-corrected chi connectivity index (χ1v) is 10.8. The van der Waals surface area contributed by atoms with Gasteiger partial charge in [0.2, 0.25) is 0 Å². The number of aryl methyl sites for hydroxylation is 1. The number of hydrogen-bond acceptors (Lipinski definition) is 4. The van der Waals surface area contributed by atoms with Gasteiger partial charge in [0.05, 0.1) is 11.9 Å². The Morgan fingerprint density at radius 3 is 2.36 bits per heavy atom. The highest BCUT2D eigenvalue weighted by Crippen LogP contribution is 2.17. The number of nitrogens with one attached hydrogen (secondary N) is 2. The number of carbonyl (C=O) groups excluding carboxylic acids is 2. The van der Waals surface area contributed by atoms with E-state index >= 15 is 0 Å². The Labute approximate surface area is 192 Å². The van der Waals surface area contributed by atoms with Crippen LogP contribution in [0.1, 0.15) is 21.5 Å². The number of anilines is 2. The molecule has 0 bridgehead atoms. The van der Waals surface area contributed by atoms with Gasteiger partial charge in [0, 0.05) is 43.9 Å². The van der Waals surface area contributed by atoms with Crippen molar-refractivity contribution in [2.75, 3.05) is 36.4 Å². The molecule has 1 fully saturated rings. The van der Waals surface area contributed by atoms with Crippen molar-refractivity contribution < 1.29 is 14.0 Å². The van der Waals surface area contributed by atoms with Gasteiger partial charge in [-0.3, -0.25) is 4.79 Å². The highest BCUT2D eigenvalue weighted by Gasteiger charge is 2.22. The van der Waals surface area contributed by atoms with Crippen LogP contribution in [0, 0.1) is 12.7 Å². The summed E-state index contributed by atoms with van der Waals surface area (Å²) in [6.45, 7) is 4.48. The van der Waals surface area contributed by atoms with Gasteiger partial charge in [-0.15, -0.1) is 0 Å². The maximum Gasteiger partial charge on any atom is 0.317 e. The van der Waals surface area contributed by atoms with Crippen molar-refractivity contribution in [3.05, 3.63) is 89.4 Å². The van der Waals surface area contributed by atoms with Gasteiger partial charge in [0.25, 0.3) is 5.91 Å². The average molecular weight is 448 g/mol. The number of urea groups is 1. The standard InChI is InChI=1S/C25H26FN5O2/c1-18-6-8-19(9-7-18)24(32)29-21-10-11-23(27-17-21)30-12-14-31(15-13-30)25(33)28-16-20-4-2-3-5-22(20)26/h2-11,17H,12-16H2,1H3,(H,28,33)(H,29,32). The van der Waals surface area contributed by atoms with Crippen LogP contribution in [-0.2, 0) is 6.54 Å². The summed E-state index contributed by atoms with van der Waals surface area (Å²) in [7, 11) is 0. The quantitative estimate of drug-likeness (QED) is 0.624. The molecular formula is C25H26FN5O2. The highest BCUT2D eigenvalue weighted by molar-refractivity contribution is 6.04. The van der Waals surface area contributed by atoms with E-state index in [1.165, 1.54) is 6.07 Å². The van der Waals surface area contributed by atoms with E-state index in [2.05, 4.69) is 20.5 Å². The van der Waals surface area contributed by atoms with Crippen LogP contribution in [0.3, 0.4) is 0 Å². The minimum absolute atomic E-state index is 0.156. The SMILES string of the molecule is Cc1ccc(C(=O)Nc2ccc(N3CCN(C(=O)NCc4ccccc4F)CC3)nc2)cc1. The molecule has 2 aromatic carbocycles. The zero-order valence-corrected chi connectivity index (χ0v) is 18.4. The molecule has 170 valence electrons. The molecule has 1 aliphatic rings. The van der Waals surface area contributed by atoms with Gasteiger partial charge in [-0.05, 0) is 37.3 Å². The van der Waals surface area contributed by atoms with Crippen molar-refractivity contribution in [1.29, 1.82) is 0 Å². The minimum Gasteiger partial charge on any atom is -0.353 e. The Bertz CT molecular complexity index is 1110. The summed E-state index contributed by atoms with van der Waals surface area (Å²) in [4.78, 5) is 33.1. The van der Waals surface area contributed by atoms with Gasteiger partial charge in [0.1, 0.15) is 11.6 Å². The summed E-state index contributed by atoms with van der Waals surface area (Å²) in [5.74, 6) is 0.279. The second-order valence-electron chi connectivity index (χ2n) is 7.95. The molecule has 0 saturated carbocycles. The second kappa shape index (κ2) is 10.1. The van der Waals surface area contributed by atoms with E-state index in [1.54, 1.807) is 41.4 Å². The van der Waals surface area contributed by atoms with Crippen LogP contribution in [0.4, 0.5) is 20.7 Å². The number of piperazine rings is 1. The summed E-state index contributed by atoms with van der Waals surface area (Å²) >= 11 is 0. The zero-order valence-electron chi connectivity index (χ0n) is 18.4. The van der Waals surface area contributed by atoms with Crippen LogP contribution in [0.5, 0.6) is 0 Å². The smallest absolute Gasteiger partial charge is 0.317 e. The van der Waals surface area contributed by atoms with E-state index < -0.39 is 0 Å². The van der Waals surface area contributed by atoms with Crippen molar-refractivity contribution in [3.8, 4) is 0 Å². The molecule has 3 amide bonds. The van der Waals surface area contributed by atoms with E-state index in [4.69, 9.17) is 0 Å². The predicted octanol–water partition coefficient (Wildman–Crippen LogP) is 3.81. The van der Waals surface area contributed by atoms with Crippen LogP contribution in [0.15, 0.2) is 66.9 Å². The molecule has 1 saturated heterocycles. The number of pyridine rings is 1. The molecule has 0 spiro atoms. The first-order chi connectivity index (χ1) is 16.0. The van der Waals surface area contributed by atoms with Crippen LogP contribution >= 0.6 is 0 Å². The fourth-order valence-electron chi connectivity index (χ4n) is 3.62. The highest BCUT2D eigenvalue weighted by atomic mass is 19.1. The van der Waals surface area contributed by atoms with Gasteiger partial charge in [-0.1, -0.05) is 35.9 Å². The molecule has 0 radical (unpaired) electrons. The van der Waals surface area contributed by atoms with Crippen LogP contribution < -0.4 is 15.5 Å². The molecule has 2 N–H and O–H groups in total. The molecule has 0 aliphatic carbocycles. The molecule has 33 heavy (non-hydrogen) atoms. The fraction of sp³-hybridized carbons (Fsp3) is 0.240. The number of nitrogens with zero attached hydrogens (tertiary/aromatic N) is 3. The summed E-state index contributed by atoms with van der Waals surface area (Å²) in [6, 6.07) is 17.3. The first-order valence-electron chi connectivity index (χ1n) is 10.8. The number of hydrogen-bond donors (Lipinski definition) is 2. The third-order valence-corrected chi connectivity index (χ3v) is 5.60. The molecule has 2 heterocycles. The van der Waals surface area contributed by atoms with Crippen LogP contribution in [-0.4, -0.2) is 48.0 Å². The lowest BCUT2D eigenvalue weighted by Crippen LogP contribution is -2.51. The number of carbonyl (C=O) groups is 2. The molecule has 1 aromatic heterocycles. The number of halogens is 1. The topological polar surface area (TPSA) is 77.6 Å². The predicted molar refractivity (Wildman–Crippen MR) is 126 cm³/mol. The molecule has 0 unspecified atom stereocenters. The monoisotopic (exact) mass is 447 g/mol. The first kappa shape index (κ1) is 22.3. The van der Waals surface area contributed by atoms with E-state index in [-0.39, 0.29) is 24.3 Å². The maximum absolute atomic E-state index is 13.7. The van der Waals surface area contributed by atoms with Gasteiger partial charge < -0.3 is 20.4 Å². The molecule has 1 aliphatic heterocycles. The van der Waals surface area contributed by atoms with Gasteiger partial charge in [-0.25, -0.2) is 14.2 Å². The van der Waals surface area contributed by atoms with Gasteiger partial charge >= 0.3 is 6.03 Å². The Kier molecular flexibility index (Phi) is 6.83. The Balaban J connectivity index is 1.26. The summed E-state index contributed by atoms with van der Waals surface area (Å²) in [5, 5.41) is 5.63.